The third-order valence-electron chi connectivity index (χ3n) is 3.06. The fourth-order valence-electron chi connectivity index (χ4n) is 2.37. The zero-order chi connectivity index (χ0) is 14.8. The van der Waals surface area contributed by atoms with Gasteiger partial charge in [0.05, 0.1) is 18.3 Å². The van der Waals surface area contributed by atoms with Crippen LogP contribution in [0.4, 0.5) is 5.82 Å². The SMILES string of the molecule is COC[C@H]1CN(c2ccc(C(N)=O)nn2)CC(C)(C)O1. The van der Waals surface area contributed by atoms with Crippen LogP contribution in [0, 0.1) is 0 Å². The summed E-state index contributed by atoms with van der Waals surface area (Å²) in [6.07, 6.45) is -0.0265. The Morgan fingerprint density at radius 2 is 2.30 bits per heavy atom. The van der Waals surface area contributed by atoms with Crippen molar-refractivity contribution in [3.05, 3.63) is 17.8 Å². The molecule has 2 N–H and O–H groups in total. The molecule has 0 unspecified atom stereocenters. The molecule has 7 nitrogen and oxygen atoms in total. The summed E-state index contributed by atoms with van der Waals surface area (Å²) in [5.41, 5.74) is 5.02. The number of amides is 1. The molecule has 1 amide bonds. The van der Waals surface area contributed by atoms with E-state index in [4.69, 9.17) is 15.2 Å². The van der Waals surface area contributed by atoms with E-state index in [2.05, 4.69) is 15.1 Å². The number of anilines is 1. The summed E-state index contributed by atoms with van der Waals surface area (Å²) in [6.45, 7) is 5.92. The number of hydrogen-bond donors (Lipinski definition) is 1. The molecule has 0 aromatic carbocycles. The molecule has 0 aliphatic carbocycles. The lowest BCUT2D eigenvalue weighted by Crippen LogP contribution is -2.54. The second-order valence-corrected chi connectivity index (χ2v) is 5.48. The van der Waals surface area contributed by atoms with Crippen LogP contribution < -0.4 is 10.6 Å². The highest BCUT2D eigenvalue weighted by molar-refractivity contribution is 5.90. The lowest BCUT2D eigenvalue weighted by atomic mass is 10.1. The molecule has 0 radical (unpaired) electrons. The van der Waals surface area contributed by atoms with Gasteiger partial charge >= 0.3 is 0 Å². The van der Waals surface area contributed by atoms with Gasteiger partial charge in [0.1, 0.15) is 0 Å². The quantitative estimate of drug-likeness (QED) is 0.847. The predicted molar refractivity (Wildman–Crippen MR) is 73.6 cm³/mol. The van der Waals surface area contributed by atoms with Crippen molar-refractivity contribution in [3.8, 4) is 0 Å². The number of carbonyl (C=O) groups excluding carboxylic acids is 1. The van der Waals surface area contributed by atoms with Gasteiger partial charge in [-0.1, -0.05) is 0 Å². The first-order valence-electron chi connectivity index (χ1n) is 6.46. The number of nitrogens with two attached hydrogens (primary N) is 1. The van der Waals surface area contributed by atoms with Gasteiger partial charge in [-0.25, -0.2) is 0 Å². The number of methoxy groups -OCH3 is 1. The highest BCUT2D eigenvalue weighted by atomic mass is 16.5. The number of aromatic nitrogens is 2. The van der Waals surface area contributed by atoms with Crippen LogP contribution in [0.3, 0.4) is 0 Å². The summed E-state index contributed by atoms with van der Waals surface area (Å²) in [5, 5.41) is 7.90. The van der Waals surface area contributed by atoms with E-state index in [-0.39, 0.29) is 17.4 Å². The Hall–Kier alpha value is -1.73. The van der Waals surface area contributed by atoms with Gasteiger partial charge in [-0.2, -0.15) is 0 Å². The van der Waals surface area contributed by atoms with Gasteiger partial charge in [-0.15, -0.1) is 10.2 Å². The summed E-state index contributed by atoms with van der Waals surface area (Å²) in [5.74, 6) is 0.121. The first-order chi connectivity index (χ1) is 9.41. The van der Waals surface area contributed by atoms with Crippen molar-refractivity contribution >= 4 is 11.7 Å². The molecule has 20 heavy (non-hydrogen) atoms. The van der Waals surface area contributed by atoms with Crippen LogP contribution in [0.15, 0.2) is 12.1 Å². The molecular formula is C13H20N4O3. The molecule has 2 heterocycles. The maximum Gasteiger partial charge on any atom is 0.269 e. The van der Waals surface area contributed by atoms with E-state index in [9.17, 15) is 4.79 Å². The smallest absolute Gasteiger partial charge is 0.269 e. The van der Waals surface area contributed by atoms with Gasteiger partial charge in [0.15, 0.2) is 11.5 Å². The van der Waals surface area contributed by atoms with Crippen molar-refractivity contribution in [3.63, 3.8) is 0 Å². The van der Waals surface area contributed by atoms with E-state index < -0.39 is 5.91 Å². The maximum absolute atomic E-state index is 11.0. The molecule has 0 bridgehead atoms. The fourth-order valence-corrected chi connectivity index (χ4v) is 2.37. The molecule has 1 aromatic heterocycles. The van der Waals surface area contributed by atoms with Crippen LogP contribution in [-0.2, 0) is 9.47 Å². The number of ether oxygens (including phenoxy) is 2. The number of nitrogens with zero attached hydrogens (tertiary/aromatic N) is 3. The van der Waals surface area contributed by atoms with Crippen molar-refractivity contribution < 1.29 is 14.3 Å². The van der Waals surface area contributed by atoms with Gasteiger partial charge in [-0.3, -0.25) is 4.79 Å². The second-order valence-electron chi connectivity index (χ2n) is 5.48. The summed E-state index contributed by atoms with van der Waals surface area (Å²) in [4.78, 5) is 13.1. The fraction of sp³-hybridized carbons (Fsp3) is 0.615. The number of carbonyl (C=O) groups is 1. The van der Waals surface area contributed by atoms with E-state index in [1.807, 2.05) is 13.8 Å². The minimum atomic E-state index is -0.580. The average Bonchev–Trinajstić information content (AvgIpc) is 2.37. The van der Waals surface area contributed by atoms with Crippen molar-refractivity contribution in [1.82, 2.24) is 10.2 Å². The molecular weight excluding hydrogens is 260 g/mol. The van der Waals surface area contributed by atoms with Crippen LogP contribution in [0.25, 0.3) is 0 Å². The van der Waals surface area contributed by atoms with Crippen LogP contribution >= 0.6 is 0 Å². The van der Waals surface area contributed by atoms with Gasteiger partial charge < -0.3 is 20.1 Å². The third-order valence-corrected chi connectivity index (χ3v) is 3.06. The Bertz CT molecular complexity index is 475. The lowest BCUT2D eigenvalue weighted by molar-refractivity contribution is -0.106. The van der Waals surface area contributed by atoms with E-state index in [0.717, 1.165) is 0 Å². The van der Waals surface area contributed by atoms with Crippen molar-refractivity contribution in [2.45, 2.75) is 25.6 Å². The topological polar surface area (TPSA) is 90.6 Å². The molecule has 1 fully saturated rings. The molecule has 1 atom stereocenters. The summed E-state index contributed by atoms with van der Waals surface area (Å²) < 4.78 is 11.1. The monoisotopic (exact) mass is 280 g/mol. The molecule has 1 saturated heterocycles. The van der Waals surface area contributed by atoms with Gasteiger partial charge in [0, 0.05) is 20.2 Å². The zero-order valence-corrected chi connectivity index (χ0v) is 12.0. The van der Waals surface area contributed by atoms with Crippen LogP contribution in [0.5, 0.6) is 0 Å². The van der Waals surface area contributed by atoms with E-state index in [1.54, 1.807) is 19.2 Å². The number of morpholine rings is 1. The largest absolute Gasteiger partial charge is 0.382 e. The van der Waals surface area contributed by atoms with Gasteiger partial charge in [0.2, 0.25) is 0 Å². The first-order valence-corrected chi connectivity index (χ1v) is 6.46. The number of primary amides is 1. The normalized spacial score (nSPS) is 21.8. The highest BCUT2D eigenvalue weighted by Gasteiger charge is 2.34. The summed E-state index contributed by atoms with van der Waals surface area (Å²) in [6, 6.07) is 3.33. The average molecular weight is 280 g/mol. The third kappa shape index (κ3) is 3.43. The highest BCUT2D eigenvalue weighted by Crippen LogP contribution is 2.24. The Morgan fingerprint density at radius 3 is 2.85 bits per heavy atom. The Kier molecular flexibility index (Phi) is 4.20. The molecule has 1 aliphatic heterocycles. The number of hydrogen-bond acceptors (Lipinski definition) is 6. The minimum absolute atomic E-state index is 0.0265. The van der Waals surface area contributed by atoms with Gasteiger partial charge in [0.25, 0.3) is 5.91 Å². The molecule has 110 valence electrons. The molecule has 2 rings (SSSR count). The first kappa shape index (κ1) is 14.7. The van der Waals surface area contributed by atoms with Gasteiger partial charge in [-0.05, 0) is 26.0 Å². The van der Waals surface area contributed by atoms with E-state index >= 15 is 0 Å². The van der Waals surface area contributed by atoms with E-state index in [1.165, 1.54) is 0 Å². The minimum Gasteiger partial charge on any atom is -0.382 e. The zero-order valence-electron chi connectivity index (χ0n) is 12.0. The Balaban J connectivity index is 2.15. The number of rotatable bonds is 4. The lowest BCUT2D eigenvalue weighted by Gasteiger charge is -2.43. The molecule has 0 saturated carbocycles. The van der Waals surface area contributed by atoms with Crippen LogP contribution in [0.2, 0.25) is 0 Å². The second kappa shape index (κ2) is 5.72. The van der Waals surface area contributed by atoms with E-state index in [0.29, 0.717) is 25.5 Å². The summed E-state index contributed by atoms with van der Waals surface area (Å²) >= 11 is 0. The molecule has 1 aromatic rings. The van der Waals surface area contributed by atoms with Crippen LogP contribution in [0.1, 0.15) is 24.3 Å². The Labute approximate surface area is 118 Å². The molecule has 7 heteroatoms. The maximum atomic E-state index is 11.0. The summed E-state index contributed by atoms with van der Waals surface area (Å²) in [7, 11) is 1.65. The van der Waals surface area contributed by atoms with Crippen molar-refractivity contribution in [2.75, 3.05) is 31.7 Å². The molecule has 1 aliphatic rings. The van der Waals surface area contributed by atoms with Crippen molar-refractivity contribution in [1.29, 1.82) is 0 Å². The molecule has 0 spiro atoms. The van der Waals surface area contributed by atoms with Crippen LogP contribution in [-0.4, -0.2) is 54.6 Å². The Morgan fingerprint density at radius 1 is 1.55 bits per heavy atom. The predicted octanol–water partition coefficient (Wildman–Crippen LogP) is 0.206. The van der Waals surface area contributed by atoms with Crippen molar-refractivity contribution in [2.24, 2.45) is 5.73 Å². The standard InChI is InChI=1S/C13H20N4O3/c1-13(2)8-17(6-9(20-13)7-19-3)11-5-4-10(12(14)18)15-16-11/h4-5,9H,6-8H2,1-3H3,(H2,14,18)/t9-/m1/s1.